The number of rotatable bonds is 3. The number of aryl methyl sites for hydroxylation is 1. The van der Waals surface area contributed by atoms with E-state index in [1.807, 2.05) is 31.2 Å². The summed E-state index contributed by atoms with van der Waals surface area (Å²) in [6.07, 6.45) is 3.47. The SMILES string of the molecule is Cc1[nH]ncc1CNC(=O)c1c[nH]c2ccccc12. The highest BCUT2D eigenvalue weighted by Gasteiger charge is 2.11. The van der Waals surface area contributed by atoms with Gasteiger partial charge in [-0.05, 0) is 13.0 Å². The molecule has 96 valence electrons. The molecule has 5 heteroatoms. The Kier molecular flexibility index (Phi) is 2.79. The summed E-state index contributed by atoms with van der Waals surface area (Å²) in [6.45, 7) is 2.40. The summed E-state index contributed by atoms with van der Waals surface area (Å²) in [5.41, 5.74) is 3.59. The van der Waals surface area contributed by atoms with Crippen LogP contribution in [0.2, 0.25) is 0 Å². The molecular weight excluding hydrogens is 240 g/mol. The average molecular weight is 254 g/mol. The van der Waals surface area contributed by atoms with E-state index in [0.29, 0.717) is 12.1 Å². The molecule has 0 atom stereocenters. The van der Waals surface area contributed by atoms with E-state index < -0.39 is 0 Å². The van der Waals surface area contributed by atoms with Crippen molar-refractivity contribution in [3.05, 3.63) is 53.5 Å². The number of fused-ring (bicyclic) bond motifs is 1. The molecule has 0 saturated carbocycles. The lowest BCUT2D eigenvalue weighted by Crippen LogP contribution is -2.22. The Morgan fingerprint density at radius 3 is 3.00 bits per heavy atom. The second kappa shape index (κ2) is 4.61. The van der Waals surface area contributed by atoms with Crippen LogP contribution in [0.4, 0.5) is 0 Å². The number of carbonyl (C=O) groups is 1. The van der Waals surface area contributed by atoms with Crippen molar-refractivity contribution < 1.29 is 4.79 Å². The highest BCUT2D eigenvalue weighted by atomic mass is 16.1. The van der Waals surface area contributed by atoms with Crippen molar-refractivity contribution in [3.8, 4) is 0 Å². The van der Waals surface area contributed by atoms with E-state index in [4.69, 9.17) is 0 Å². The largest absolute Gasteiger partial charge is 0.360 e. The van der Waals surface area contributed by atoms with Gasteiger partial charge in [0.15, 0.2) is 0 Å². The van der Waals surface area contributed by atoms with Crippen LogP contribution < -0.4 is 5.32 Å². The third-order valence-electron chi connectivity index (χ3n) is 3.21. The molecular formula is C14H14N4O. The first-order valence-electron chi connectivity index (χ1n) is 6.09. The Balaban J connectivity index is 1.79. The van der Waals surface area contributed by atoms with E-state index in [1.54, 1.807) is 12.4 Å². The second-order valence-electron chi connectivity index (χ2n) is 4.45. The minimum Gasteiger partial charge on any atom is -0.360 e. The Labute approximate surface area is 110 Å². The summed E-state index contributed by atoms with van der Waals surface area (Å²) in [5.74, 6) is -0.0851. The minimum atomic E-state index is -0.0851. The summed E-state index contributed by atoms with van der Waals surface area (Å²) in [7, 11) is 0. The molecule has 3 N–H and O–H groups in total. The minimum absolute atomic E-state index is 0.0851. The van der Waals surface area contributed by atoms with Crippen LogP contribution in [0.5, 0.6) is 0 Å². The fourth-order valence-electron chi connectivity index (χ4n) is 2.08. The van der Waals surface area contributed by atoms with Crippen molar-refractivity contribution in [3.63, 3.8) is 0 Å². The number of para-hydroxylation sites is 1. The number of hydrogen-bond donors (Lipinski definition) is 3. The van der Waals surface area contributed by atoms with E-state index in [2.05, 4.69) is 20.5 Å². The standard InChI is InChI=1S/C14H14N4O/c1-9-10(7-17-18-9)6-16-14(19)12-8-15-13-5-3-2-4-11(12)13/h2-5,7-8,15H,6H2,1H3,(H,16,19)(H,17,18). The monoisotopic (exact) mass is 254 g/mol. The first-order valence-corrected chi connectivity index (χ1v) is 6.09. The molecule has 0 unspecified atom stereocenters. The van der Waals surface area contributed by atoms with E-state index in [1.165, 1.54) is 0 Å². The molecule has 0 spiro atoms. The Bertz CT molecular complexity index is 726. The summed E-state index contributed by atoms with van der Waals surface area (Å²) in [5, 5.41) is 10.6. The Hall–Kier alpha value is -2.56. The zero-order chi connectivity index (χ0) is 13.2. The number of nitrogens with one attached hydrogen (secondary N) is 3. The van der Waals surface area contributed by atoms with Gasteiger partial charge < -0.3 is 10.3 Å². The van der Waals surface area contributed by atoms with Crippen LogP contribution in [0.1, 0.15) is 21.6 Å². The van der Waals surface area contributed by atoms with Crippen LogP contribution in [0.3, 0.4) is 0 Å². The predicted molar refractivity (Wildman–Crippen MR) is 72.8 cm³/mol. The van der Waals surface area contributed by atoms with Gasteiger partial charge in [0.05, 0.1) is 11.8 Å². The maximum Gasteiger partial charge on any atom is 0.253 e. The highest BCUT2D eigenvalue weighted by Crippen LogP contribution is 2.17. The third-order valence-corrected chi connectivity index (χ3v) is 3.21. The van der Waals surface area contributed by atoms with E-state index in [-0.39, 0.29) is 5.91 Å². The zero-order valence-electron chi connectivity index (χ0n) is 10.5. The van der Waals surface area contributed by atoms with Gasteiger partial charge in [0, 0.05) is 34.9 Å². The third kappa shape index (κ3) is 2.10. The molecule has 0 aliphatic rings. The Morgan fingerprint density at radius 1 is 1.37 bits per heavy atom. The smallest absolute Gasteiger partial charge is 0.253 e. The molecule has 1 amide bonds. The summed E-state index contributed by atoms with van der Waals surface area (Å²) < 4.78 is 0. The van der Waals surface area contributed by atoms with Crippen LogP contribution in [-0.4, -0.2) is 21.1 Å². The maximum absolute atomic E-state index is 12.2. The summed E-state index contributed by atoms with van der Waals surface area (Å²) in [6, 6.07) is 7.75. The molecule has 0 aliphatic heterocycles. The molecule has 0 radical (unpaired) electrons. The van der Waals surface area contributed by atoms with Crippen molar-refractivity contribution in [2.24, 2.45) is 0 Å². The second-order valence-corrected chi connectivity index (χ2v) is 4.45. The average Bonchev–Trinajstić information content (AvgIpc) is 3.02. The highest BCUT2D eigenvalue weighted by molar-refractivity contribution is 6.06. The molecule has 0 bridgehead atoms. The molecule has 3 aromatic rings. The number of H-pyrrole nitrogens is 2. The number of aromatic nitrogens is 3. The van der Waals surface area contributed by atoms with E-state index >= 15 is 0 Å². The number of benzene rings is 1. The molecule has 5 nitrogen and oxygen atoms in total. The van der Waals surface area contributed by atoms with Gasteiger partial charge in [-0.1, -0.05) is 18.2 Å². The lowest BCUT2D eigenvalue weighted by molar-refractivity contribution is 0.0952. The summed E-state index contributed by atoms with van der Waals surface area (Å²) >= 11 is 0. The van der Waals surface area contributed by atoms with Gasteiger partial charge in [-0.2, -0.15) is 5.10 Å². The topological polar surface area (TPSA) is 73.6 Å². The molecule has 2 heterocycles. The van der Waals surface area contributed by atoms with Crippen LogP contribution in [-0.2, 0) is 6.54 Å². The maximum atomic E-state index is 12.2. The molecule has 3 rings (SSSR count). The van der Waals surface area contributed by atoms with Crippen LogP contribution in [0.15, 0.2) is 36.7 Å². The number of nitrogens with zero attached hydrogens (tertiary/aromatic N) is 1. The van der Waals surface area contributed by atoms with Crippen LogP contribution >= 0.6 is 0 Å². The van der Waals surface area contributed by atoms with Gasteiger partial charge in [0.2, 0.25) is 0 Å². The zero-order valence-corrected chi connectivity index (χ0v) is 10.5. The fraction of sp³-hybridized carbons (Fsp3) is 0.143. The van der Waals surface area contributed by atoms with Crippen molar-refractivity contribution in [2.45, 2.75) is 13.5 Å². The van der Waals surface area contributed by atoms with Crippen LogP contribution in [0.25, 0.3) is 10.9 Å². The van der Waals surface area contributed by atoms with Crippen molar-refractivity contribution in [1.29, 1.82) is 0 Å². The first-order chi connectivity index (χ1) is 9.25. The molecule has 0 fully saturated rings. The fourth-order valence-corrected chi connectivity index (χ4v) is 2.08. The van der Waals surface area contributed by atoms with E-state index in [9.17, 15) is 4.79 Å². The van der Waals surface area contributed by atoms with Crippen molar-refractivity contribution >= 4 is 16.8 Å². The lowest BCUT2D eigenvalue weighted by atomic mass is 10.1. The number of aromatic amines is 2. The van der Waals surface area contributed by atoms with Gasteiger partial charge in [-0.25, -0.2) is 0 Å². The van der Waals surface area contributed by atoms with Gasteiger partial charge in [-0.15, -0.1) is 0 Å². The van der Waals surface area contributed by atoms with Gasteiger partial charge >= 0.3 is 0 Å². The number of carbonyl (C=O) groups excluding carboxylic acids is 1. The first kappa shape index (κ1) is 11.5. The molecule has 2 aromatic heterocycles. The Morgan fingerprint density at radius 2 is 2.21 bits per heavy atom. The lowest BCUT2D eigenvalue weighted by Gasteiger charge is -2.03. The molecule has 0 saturated heterocycles. The predicted octanol–water partition coefficient (Wildman–Crippen LogP) is 2.13. The molecule has 0 aliphatic carbocycles. The quantitative estimate of drug-likeness (QED) is 0.670. The number of amides is 1. The van der Waals surface area contributed by atoms with Crippen LogP contribution in [0, 0.1) is 6.92 Å². The van der Waals surface area contributed by atoms with Crippen molar-refractivity contribution in [2.75, 3.05) is 0 Å². The van der Waals surface area contributed by atoms with E-state index in [0.717, 1.165) is 22.2 Å². The van der Waals surface area contributed by atoms with Gasteiger partial charge in [0.1, 0.15) is 0 Å². The molecule has 19 heavy (non-hydrogen) atoms. The number of hydrogen-bond acceptors (Lipinski definition) is 2. The molecule has 1 aromatic carbocycles. The normalized spacial score (nSPS) is 10.8. The summed E-state index contributed by atoms with van der Waals surface area (Å²) in [4.78, 5) is 15.3. The van der Waals surface area contributed by atoms with Crippen molar-refractivity contribution in [1.82, 2.24) is 20.5 Å². The van der Waals surface area contributed by atoms with Gasteiger partial charge in [-0.3, -0.25) is 9.89 Å². The van der Waals surface area contributed by atoms with Gasteiger partial charge in [0.25, 0.3) is 5.91 Å².